The molecule has 3 aromatic heterocycles. The second kappa shape index (κ2) is 6.32. The summed E-state index contributed by atoms with van der Waals surface area (Å²) >= 11 is 8.80. The largest absolute Gasteiger partial charge is 0.464 e. The third-order valence-electron chi connectivity index (χ3n) is 3.12. The van der Waals surface area contributed by atoms with Crippen molar-refractivity contribution in [1.82, 2.24) is 9.97 Å². The second-order valence-corrected chi connectivity index (χ2v) is 7.45. The summed E-state index contributed by atoms with van der Waals surface area (Å²) in [4.78, 5) is 20.6. The molecule has 0 saturated heterocycles. The highest BCUT2D eigenvalue weighted by atomic mass is 35.5. The zero-order valence-corrected chi connectivity index (χ0v) is 14.1. The summed E-state index contributed by atoms with van der Waals surface area (Å²) < 4.78 is 5.38. The molecule has 7 heteroatoms. The zero-order chi connectivity index (χ0) is 15.7. The Labute approximate surface area is 140 Å². The van der Waals surface area contributed by atoms with Gasteiger partial charge in [0.05, 0.1) is 16.9 Å². The van der Waals surface area contributed by atoms with Gasteiger partial charge in [0.2, 0.25) is 0 Å². The summed E-state index contributed by atoms with van der Waals surface area (Å²) in [5, 5.41) is 3.08. The highest BCUT2D eigenvalue weighted by Crippen LogP contribution is 2.33. The number of nitrogens with one attached hydrogen (secondary N) is 1. The van der Waals surface area contributed by atoms with Crippen molar-refractivity contribution in [2.24, 2.45) is 0 Å². The number of fused-ring (bicyclic) bond motifs is 1. The Morgan fingerprint density at radius 3 is 3.14 bits per heavy atom. The minimum atomic E-state index is -0.148. The lowest BCUT2D eigenvalue weighted by molar-refractivity contribution is 0.583. The first-order valence-corrected chi connectivity index (χ1v) is 8.87. The van der Waals surface area contributed by atoms with Crippen molar-refractivity contribution in [2.45, 2.75) is 12.2 Å². The van der Waals surface area contributed by atoms with Gasteiger partial charge in [-0.3, -0.25) is 4.79 Å². The zero-order valence-electron chi connectivity index (χ0n) is 11.8. The molecule has 1 unspecified atom stereocenters. The molecule has 3 heterocycles. The summed E-state index contributed by atoms with van der Waals surface area (Å²) in [6.07, 6.45) is 1.59. The molecule has 1 N–H and O–H groups in total. The highest BCUT2D eigenvalue weighted by molar-refractivity contribution is 7.99. The predicted molar refractivity (Wildman–Crippen MR) is 93.8 cm³/mol. The van der Waals surface area contributed by atoms with E-state index in [1.54, 1.807) is 24.1 Å². The number of aromatic amines is 1. The van der Waals surface area contributed by atoms with Crippen LogP contribution in [-0.2, 0) is 0 Å². The molecule has 0 radical (unpaired) electrons. The van der Waals surface area contributed by atoms with E-state index in [1.165, 1.54) is 11.3 Å². The van der Waals surface area contributed by atoms with Gasteiger partial charge in [0.25, 0.3) is 5.56 Å². The van der Waals surface area contributed by atoms with E-state index in [-0.39, 0.29) is 10.8 Å². The molecule has 0 aliphatic heterocycles. The number of thiophene rings is 1. The molecule has 0 aromatic carbocycles. The van der Waals surface area contributed by atoms with Crippen molar-refractivity contribution in [2.75, 3.05) is 5.75 Å². The second-order valence-electron chi connectivity index (χ2n) is 4.73. The summed E-state index contributed by atoms with van der Waals surface area (Å²) in [7, 11) is 0. The molecule has 0 aliphatic carbocycles. The quantitative estimate of drug-likeness (QED) is 0.717. The van der Waals surface area contributed by atoms with Crippen molar-refractivity contribution in [1.29, 1.82) is 0 Å². The Morgan fingerprint density at radius 2 is 2.45 bits per heavy atom. The summed E-state index contributed by atoms with van der Waals surface area (Å²) in [6.45, 7) is 5.65. The molecule has 0 amide bonds. The minimum absolute atomic E-state index is 0.0294. The Kier molecular flexibility index (Phi) is 4.42. The van der Waals surface area contributed by atoms with Crippen LogP contribution < -0.4 is 5.56 Å². The predicted octanol–water partition coefficient (Wildman–Crippen LogP) is 4.79. The average Bonchev–Trinajstić information content (AvgIpc) is 3.12. The van der Waals surface area contributed by atoms with Gasteiger partial charge in [0, 0.05) is 21.7 Å². The molecule has 0 fully saturated rings. The number of hydrogen-bond donors (Lipinski definition) is 1. The van der Waals surface area contributed by atoms with E-state index >= 15 is 0 Å². The smallest absolute Gasteiger partial charge is 0.260 e. The van der Waals surface area contributed by atoms with E-state index in [2.05, 4.69) is 16.5 Å². The van der Waals surface area contributed by atoms with E-state index in [0.717, 1.165) is 5.56 Å². The Bertz CT molecular complexity index is 867. The molecule has 0 aliphatic rings. The fourth-order valence-corrected chi connectivity index (χ4v) is 3.89. The number of aromatic nitrogens is 2. The number of hydrogen-bond acceptors (Lipinski definition) is 5. The first-order valence-electron chi connectivity index (χ1n) is 6.56. The first-order chi connectivity index (χ1) is 10.6. The maximum Gasteiger partial charge on any atom is 0.260 e. The Hall–Kier alpha value is -1.50. The van der Waals surface area contributed by atoms with E-state index in [0.29, 0.717) is 32.6 Å². The molecule has 4 nitrogen and oxygen atoms in total. The lowest BCUT2D eigenvalue weighted by Crippen LogP contribution is -2.12. The van der Waals surface area contributed by atoms with Gasteiger partial charge in [0.1, 0.15) is 16.4 Å². The van der Waals surface area contributed by atoms with Gasteiger partial charge < -0.3 is 9.40 Å². The maximum atomic E-state index is 12.4. The molecule has 0 spiro atoms. The Balaban J connectivity index is 2.00. The molecule has 3 aromatic rings. The van der Waals surface area contributed by atoms with E-state index < -0.39 is 0 Å². The number of nitrogens with zero attached hydrogens (tertiary/aromatic N) is 1. The number of thioether (sulfide) groups is 1. The van der Waals surface area contributed by atoms with E-state index in [1.807, 2.05) is 18.4 Å². The fourth-order valence-electron chi connectivity index (χ4n) is 2.07. The van der Waals surface area contributed by atoms with Gasteiger partial charge in [-0.2, -0.15) is 0 Å². The van der Waals surface area contributed by atoms with Gasteiger partial charge >= 0.3 is 0 Å². The van der Waals surface area contributed by atoms with Crippen LogP contribution in [0.15, 0.2) is 44.6 Å². The maximum absolute atomic E-state index is 12.4. The molecule has 114 valence electrons. The number of furan rings is 1. The number of rotatable bonds is 5. The topological polar surface area (TPSA) is 58.9 Å². The molecule has 0 bridgehead atoms. The van der Waals surface area contributed by atoms with Crippen molar-refractivity contribution in [3.05, 3.63) is 51.6 Å². The van der Waals surface area contributed by atoms with E-state index in [9.17, 15) is 4.79 Å². The number of H-pyrrole nitrogens is 1. The van der Waals surface area contributed by atoms with Crippen LogP contribution >= 0.6 is 34.7 Å². The van der Waals surface area contributed by atoms with Crippen molar-refractivity contribution in [3.8, 4) is 11.3 Å². The van der Waals surface area contributed by atoms with Crippen LogP contribution in [0.3, 0.4) is 0 Å². The lowest BCUT2D eigenvalue weighted by Gasteiger charge is -2.09. The van der Waals surface area contributed by atoms with Crippen LogP contribution in [0, 0.1) is 0 Å². The number of halogens is 1. The van der Waals surface area contributed by atoms with Gasteiger partial charge in [-0.25, -0.2) is 4.98 Å². The standard InChI is InChI=1S/C15H13ClN2O2S2/c1-8(16)6-21-9(2)13-17-14(19)12-10(7-22-15(12)18-13)11-4-3-5-20-11/h3-5,7,9H,1,6H2,2H3,(H,17,18,19). The molecule has 0 saturated carbocycles. The molecule has 1 atom stereocenters. The van der Waals surface area contributed by atoms with Crippen LogP contribution in [-0.4, -0.2) is 15.7 Å². The van der Waals surface area contributed by atoms with Crippen molar-refractivity contribution in [3.63, 3.8) is 0 Å². The normalized spacial score (nSPS) is 12.6. The fraction of sp³-hybridized carbons (Fsp3) is 0.200. The monoisotopic (exact) mass is 352 g/mol. The SMILES string of the molecule is C=C(Cl)CSC(C)c1nc2scc(-c3ccco3)c2c(=O)[nH]1. The summed E-state index contributed by atoms with van der Waals surface area (Å²) in [5.41, 5.74) is 0.629. The molecular formula is C15H13ClN2O2S2. The summed E-state index contributed by atoms with van der Waals surface area (Å²) in [6, 6.07) is 3.63. The molecular weight excluding hydrogens is 340 g/mol. The van der Waals surface area contributed by atoms with Crippen LogP contribution in [0.1, 0.15) is 18.0 Å². The van der Waals surface area contributed by atoms with Gasteiger partial charge in [-0.15, -0.1) is 23.1 Å². The third-order valence-corrected chi connectivity index (χ3v) is 5.53. The average molecular weight is 353 g/mol. The van der Waals surface area contributed by atoms with Crippen molar-refractivity contribution >= 4 is 44.9 Å². The summed E-state index contributed by atoms with van der Waals surface area (Å²) in [5.74, 6) is 1.94. The first kappa shape index (κ1) is 15.4. The highest BCUT2D eigenvalue weighted by Gasteiger charge is 2.17. The van der Waals surface area contributed by atoms with Crippen LogP contribution in [0.25, 0.3) is 21.5 Å². The van der Waals surface area contributed by atoms with E-state index in [4.69, 9.17) is 16.0 Å². The molecule has 22 heavy (non-hydrogen) atoms. The van der Waals surface area contributed by atoms with Crippen LogP contribution in [0.2, 0.25) is 0 Å². The Morgan fingerprint density at radius 1 is 1.64 bits per heavy atom. The minimum Gasteiger partial charge on any atom is -0.464 e. The third kappa shape index (κ3) is 2.99. The lowest BCUT2D eigenvalue weighted by atomic mass is 10.2. The van der Waals surface area contributed by atoms with Gasteiger partial charge in [-0.05, 0) is 19.1 Å². The van der Waals surface area contributed by atoms with Gasteiger partial charge in [0.15, 0.2) is 0 Å². The van der Waals surface area contributed by atoms with Crippen LogP contribution in [0.4, 0.5) is 0 Å². The molecule has 3 rings (SSSR count). The van der Waals surface area contributed by atoms with Crippen molar-refractivity contribution < 1.29 is 4.42 Å². The van der Waals surface area contributed by atoms with Gasteiger partial charge in [-0.1, -0.05) is 18.2 Å². The van der Waals surface area contributed by atoms with Crippen LogP contribution in [0.5, 0.6) is 0 Å².